The number of hydrogen-bond donors (Lipinski definition) is 4. The van der Waals surface area contributed by atoms with Gasteiger partial charge in [-0.15, -0.1) is 0 Å². The van der Waals surface area contributed by atoms with Crippen LogP contribution < -0.4 is 16.0 Å². The zero-order chi connectivity index (χ0) is 12.4. The molecule has 0 bridgehead atoms. The number of amides is 2. The smallest absolute Gasteiger partial charge is 0.328 e. The van der Waals surface area contributed by atoms with E-state index in [1.807, 2.05) is 7.05 Å². The number of carboxylic acid groups (broad SMARTS) is 1. The lowest BCUT2D eigenvalue weighted by atomic mass is 10.3. The first kappa shape index (κ1) is 14.7. The van der Waals surface area contributed by atoms with Crippen LogP contribution in [0.1, 0.15) is 6.42 Å². The van der Waals surface area contributed by atoms with E-state index < -0.39 is 18.0 Å². The molecule has 1 atom stereocenters. The highest BCUT2D eigenvalue weighted by Gasteiger charge is 2.18. The molecule has 0 saturated carbocycles. The molecule has 16 heavy (non-hydrogen) atoms. The number of rotatable bonds is 8. The van der Waals surface area contributed by atoms with Gasteiger partial charge in [-0.3, -0.25) is 0 Å². The number of urea groups is 1. The summed E-state index contributed by atoms with van der Waals surface area (Å²) in [6, 6.07) is -1.52. The molecule has 0 rings (SSSR count). The Hall–Kier alpha value is -1.34. The van der Waals surface area contributed by atoms with Crippen molar-refractivity contribution in [1.29, 1.82) is 0 Å². The second kappa shape index (κ2) is 8.93. The van der Waals surface area contributed by atoms with Crippen LogP contribution in [0.5, 0.6) is 0 Å². The van der Waals surface area contributed by atoms with Crippen molar-refractivity contribution in [2.75, 3.05) is 33.9 Å². The van der Waals surface area contributed by atoms with E-state index in [0.29, 0.717) is 6.54 Å². The van der Waals surface area contributed by atoms with Crippen molar-refractivity contribution in [3.8, 4) is 0 Å². The summed E-state index contributed by atoms with van der Waals surface area (Å²) < 4.78 is 4.68. The van der Waals surface area contributed by atoms with Crippen LogP contribution in [0.4, 0.5) is 4.79 Å². The van der Waals surface area contributed by atoms with Gasteiger partial charge in [-0.05, 0) is 20.0 Å². The van der Waals surface area contributed by atoms with Crippen molar-refractivity contribution in [2.24, 2.45) is 0 Å². The molecule has 7 nitrogen and oxygen atoms in total. The van der Waals surface area contributed by atoms with Crippen molar-refractivity contribution in [3.05, 3.63) is 0 Å². The van der Waals surface area contributed by atoms with Crippen LogP contribution in [-0.2, 0) is 9.53 Å². The molecule has 0 fully saturated rings. The van der Waals surface area contributed by atoms with Crippen LogP contribution in [-0.4, -0.2) is 57.0 Å². The van der Waals surface area contributed by atoms with Crippen molar-refractivity contribution in [3.63, 3.8) is 0 Å². The zero-order valence-corrected chi connectivity index (χ0v) is 9.58. The van der Waals surface area contributed by atoms with Crippen LogP contribution in [0.25, 0.3) is 0 Å². The molecule has 4 N–H and O–H groups in total. The molecule has 1 unspecified atom stereocenters. The van der Waals surface area contributed by atoms with Gasteiger partial charge in [-0.2, -0.15) is 0 Å². The first-order valence-corrected chi connectivity index (χ1v) is 5.02. The third-order valence-corrected chi connectivity index (χ3v) is 1.83. The van der Waals surface area contributed by atoms with Gasteiger partial charge >= 0.3 is 12.0 Å². The minimum absolute atomic E-state index is 0.0563. The zero-order valence-electron chi connectivity index (χ0n) is 9.58. The third kappa shape index (κ3) is 7.02. The van der Waals surface area contributed by atoms with Crippen LogP contribution in [0, 0.1) is 0 Å². The molecular formula is C9H19N3O4. The van der Waals surface area contributed by atoms with Gasteiger partial charge < -0.3 is 25.8 Å². The molecule has 0 aliphatic heterocycles. The average Bonchev–Trinajstić information content (AvgIpc) is 2.23. The molecule has 7 heteroatoms. The fraction of sp³-hybridized carbons (Fsp3) is 0.778. The highest BCUT2D eigenvalue weighted by atomic mass is 16.5. The Labute approximate surface area is 94.5 Å². The van der Waals surface area contributed by atoms with Crippen molar-refractivity contribution in [2.45, 2.75) is 12.5 Å². The second-order valence-electron chi connectivity index (χ2n) is 3.20. The minimum Gasteiger partial charge on any atom is -0.480 e. The lowest BCUT2D eigenvalue weighted by Gasteiger charge is -2.14. The molecule has 0 aromatic heterocycles. The molecule has 0 radical (unpaired) electrons. The summed E-state index contributed by atoms with van der Waals surface area (Å²) in [7, 11) is 3.20. The van der Waals surface area contributed by atoms with Gasteiger partial charge in [0.25, 0.3) is 0 Å². The number of methoxy groups -OCH3 is 1. The largest absolute Gasteiger partial charge is 0.480 e. The molecule has 0 aliphatic carbocycles. The first-order valence-electron chi connectivity index (χ1n) is 5.02. The molecular weight excluding hydrogens is 214 g/mol. The summed E-state index contributed by atoms with van der Waals surface area (Å²) in [5, 5.41) is 16.5. The number of carbonyl (C=O) groups is 2. The average molecular weight is 233 g/mol. The van der Waals surface area contributed by atoms with Gasteiger partial charge in [-0.25, -0.2) is 9.59 Å². The van der Waals surface area contributed by atoms with E-state index >= 15 is 0 Å². The minimum atomic E-state index is -1.12. The number of carboxylic acids is 1. The SMILES string of the molecule is CNCCCNC(=O)NC(COC)C(=O)O. The molecule has 0 heterocycles. The van der Waals surface area contributed by atoms with Gasteiger partial charge in [-0.1, -0.05) is 0 Å². The highest BCUT2D eigenvalue weighted by Crippen LogP contribution is 1.85. The predicted molar refractivity (Wildman–Crippen MR) is 58.4 cm³/mol. The Kier molecular flexibility index (Phi) is 8.18. The van der Waals surface area contributed by atoms with Crippen LogP contribution in [0.15, 0.2) is 0 Å². The highest BCUT2D eigenvalue weighted by molar-refractivity contribution is 5.82. The maximum atomic E-state index is 11.2. The van der Waals surface area contributed by atoms with E-state index in [1.54, 1.807) is 0 Å². The summed E-state index contributed by atoms with van der Waals surface area (Å²) in [6.07, 6.45) is 0.784. The number of ether oxygens (including phenoxy) is 1. The lowest BCUT2D eigenvalue weighted by molar-refractivity contribution is -0.140. The number of nitrogens with one attached hydrogen (secondary N) is 3. The van der Waals surface area contributed by atoms with E-state index in [-0.39, 0.29) is 6.61 Å². The summed E-state index contributed by atoms with van der Waals surface area (Å²) in [6.45, 7) is 1.23. The van der Waals surface area contributed by atoms with Crippen molar-refractivity contribution >= 4 is 12.0 Å². The molecule has 0 aromatic carbocycles. The van der Waals surface area contributed by atoms with E-state index in [2.05, 4.69) is 20.7 Å². The maximum Gasteiger partial charge on any atom is 0.328 e. The van der Waals surface area contributed by atoms with E-state index in [4.69, 9.17) is 5.11 Å². The summed E-state index contributed by atoms with van der Waals surface area (Å²) in [5.41, 5.74) is 0. The van der Waals surface area contributed by atoms with Gasteiger partial charge in [0.1, 0.15) is 0 Å². The number of carbonyl (C=O) groups excluding carboxylic acids is 1. The van der Waals surface area contributed by atoms with Crippen LogP contribution >= 0.6 is 0 Å². The van der Waals surface area contributed by atoms with Crippen molar-refractivity contribution in [1.82, 2.24) is 16.0 Å². The Morgan fingerprint density at radius 2 is 2.06 bits per heavy atom. The Morgan fingerprint density at radius 1 is 1.38 bits per heavy atom. The Morgan fingerprint density at radius 3 is 2.56 bits per heavy atom. The fourth-order valence-electron chi connectivity index (χ4n) is 1.02. The predicted octanol–water partition coefficient (Wildman–Crippen LogP) is -1.01. The molecule has 0 aliphatic rings. The quantitative estimate of drug-likeness (QED) is 0.403. The summed E-state index contributed by atoms with van der Waals surface area (Å²) in [4.78, 5) is 21.9. The number of hydrogen-bond acceptors (Lipinski definition) is 4. The van der Waals surface area contributed by atoms with Crippen LogP contribution in [0.3, 0.4) is 0 Å². The molecule has 0 spiro atoms. The van der Waals surface area contributed by atoms with E-state index in [9.17, 15) is 9.59 Å². The van der Waals surface area contributed by atoms with Gasteiger partial charge in [0, 0.05) is 13.7 Å². The Bertz CT molecular complexity index is 223. The van der Waals surface area contributed by atoms with Gasteiger partial charge in [0.15, 0.2) is 6.04 Å². The molecule has 0 saturated heterocycles. The standard InChI is InChI=1S/C9H19N3O4/c1-10-4-3-5-11-9(15)12-7(6-16-2)8(13)14/h7,10H,3-6H2,1-2H3,(H,13,14)(H2,11,12,15). The number of aliphatic carboxylic acids is 1. The topological polar surface area (TPSA) is 99.7 Å². The van der Waals surface area contributed by atoms with Gasteiger partial charge in [0.05, 0.1) is 6.61 Å². The third-order valence-electron chi connectivity index (χ3n) is 1.83. The Balaban J connectivity index is 3.77. The van der Waals surface area contributed by atoms with Crippen LogP contribution in [0.2, 0.25) is 0 Å². The molecule has 0 aromatic rings. The van der Waals surface area contributed by atoms with Gasteiger partial charge in [0.2, 0.25) is 0 Å². The monoisotopic (exact) mass is 233 g/mol. The van der Waals surface area contributed by atoms with E-state index in [1.165, 1.54) is 7.11 Å². The first-order chi connectivity index (χ1) is 7.61. The van der Waals surface area contributed by atoms with Crippen molar-refractivity contribution < 1.29 is 19.4 Å². The lowest BCUT2D eigenvalue weighted by Crippen LogP contribution is -2.48. The second-order valence-corrected chi connectivity index (χ2v) is 3.20. The summed E-state index contributed by atoms with van der Waals surface area (Å²) in [5.74, 6) is -1.12. The maximum absolute atomic E-state index is 11.2. The normalized spacial score (nSPS) is 11.9. The molecule has 2 amide bonds. The fourth-order valence-corrected chi connectivity index (χ4v) is 1.02. The van der Waals surface area contributed by atoms with E-state index in [0.717, 1.165) is 13.0 Å². The molecule has 94 valence electrons. The summed E-state index contributed by atoms with van der Waals surface area (Å²) >= 11 is 0.